The SMILES string of the molecule is COc1cc(C=O)c(OC)c(OC)c1CC=C(C)CCC=C(C)C. The highest BCUT2D eigenvalue weighted by atomic mass is 16.5. The van der Waals surface area contributed by atoms with Gasteiger partial charge < -0.3 is 14.2 Å². The van der Waals surface area contributed by atoms with E-state index < -0.39 is 0 Å². The van der Waals surface area contributed by atoms with Gasteiger partial charge >= 0.3 is 0 Å². The van der Waals surface area contributed by atoms with Crippen molar-refractivity contribution in [3.8, 4) is 17.2 Å². The van der Waals surface area contributed by atoms with Crippen LogP contribution in [0, 0.1) is 0 Å². The summed E-state index contributed by atoms with van der Waals surface area (Å²) in [5, 5.41) is 0. The average molecular weight is 332 g/mol. The van der Waals surface area contributed by atoms with Crippen molar-refractivity contribution in [2.45, 2.75) is 40.0 Å². The number of hydrogen-bond acceptors (Lipinski definition) is 4. The van der Waals surface area contributed by atoms with Gasteiger partial charge in [0.2, 0.25) is 0 Å². The molecule has 132 valence electrons. The Bertz CT molecular complexity index is 623. The van der Waals surface area contributed by atoms with Crippen molar-refractivity contribution in [2.24, 2.45) is 0 Å². The van der Waals surface area contributed by atoms with Crippen LogP contribution in [0.4, 0.5) is 0 Å². The minimum atomic E-state index is 0.416. The van der Waals surface area contributed by atoms with Crippen molar-refractivity contribution >= 4 is 6.29 Å². The molecule has 4 heteroatoms. The molecule has 1 aromatic carbocycles. The topological polar surface area (TPSA) is 44.8 Å². The number of carbonyl (C=O) groups excluding carboxylic acids is 1. The molecule has 0 spiro atoms. The third-order valence-electron chi connectivity index (χ3n) is 3.83. The summed E-state index contributed by atoms with van der Waals surface area (Å²) < 4.78 is 16.3. The van der Waals surface area contributed by atoms with E-state index in [1.54, 1.807) is 20.3 Å². The monoisotopic (exact) mass is 332 g/mol. The Morgan fingerprint density at radius 2 is 1.67 bits per heavy atom. The van der Waals surface area contributed by atoms with Gasteiger partial charge in [-0.1, -0.05) is 23.3 Å². The molecule has 0 unspecified atom stereocenters. The molecule has 0 radical (unpaired) electrons. The van der Waals surface area contributed by atoms with Crippen LogP contribution in [-0.2, 0) is 6.42 Å². The zero-order valence-electron chi connectivity index (χ0n) is 15.6. The van der Waals surface area contributed by atoms with Gasteiger partial charge in [-0.3, -0.25) is 4.79 Å². The van der Waals surface area contributed by atoms with Crippen LogP contribution < -0.4 is 14.2 Å². The maximum atomic E-state index is 11.3. The first kappa shape index (κ1) is 19.8. The lowest BCUT2D eigenvalue weighted by molar-refractivity contribution is 0.111. The summed E-state index contributed by atoms with van der Waals surface area (Å²) in [5.74, 6) is 1.62. The van der Waals surface area contributed by atoms with E-state index >= 15 is 0 Å². The van der Waals surface area contributed by atoms with Crippen LogP contribution >= 0.6 is 0 Å². The fraction of sp³-hybridized carbons (Fsp3) is 0.450. The number of methoxy groups -OCH3 is 3. The van der Waals surface area contributed by atoms with Crippen LogP contribution in [0.3, 0.4) is 0 Å². The van der Waals surface area contributed by atoms with Gasteiger partial charge in [-0.2, -0.15) is 0 Å². The van der Waals surface area contributed by atoms with E-state index in [0.717, 1.165) is 24.7 Å². The Labute approximate surface area is 145 Å². The zero-order valence-corrected chi connectivity index (χ0v) is 15.6. The molecule has 0 saturated carbocycles. The number of allylic oxidation sites excluding steroid dienone is 4. The summed E-state index contributed by atoms with van der Waals surface area (Å²) in [5.41, 5.74) is 3.93. The molecule has 1 aromatic rings. The Morgan fingerprint density at radius 3 is 2.17 bits per heavy atom. The van der Waals surface area contributed by atoms with Crippen molar-refractivity contribution in [1.29, 1.82) is 0 Å². The average Bonchev–Trinajstić information content (AvgIpc) is 2.57. The second kappa shape index (κ2) is 9.81. The second-order valence-electron chi connectivity index (χ2n) is 5.91. The summed E-state index contributed by atoms with van der Waals surface area (Å²) >= 11 is 0. The van der Waals surface area contributed by atoms with Gasteiger partial charge in [0, 0.05) is 5.56 Å². The largest absolute Gasteiger partial charge is 0.496 e. The summed E-state index contributed by atoms with van der Waals surface area (Å²) in [6, 6.07) is 1.69. The number of rotatable bonds is 9. The highest BCUT2D eigenvalue weighted by molar-refractivity contribution is 5.83. The molecule has 0 N–H and O–H groups in total. The lowest BCUT2D eigenvalue weighted by Gasteiger charge is -2.17. The fourth-order valence-electron chi connectivity index (χ4n) is 2.53. The normalized spacial score (nSPS) is 11.0. The van der Waals surface area contributed by atoms with E-state index in [1.165, 1.54) is 18.3 Å². The quantitative estimate of drug-likeness (QED) is 0.483. The summed E-state index contributed by atoms with van der Waals surface area (Å²) in [6.07, 6.45) is 7.85. The second-order valence-corrected chi connectivity index (χ2v) is 5.91. The summed E-state index contributed by atoms with van der Waals surface area (Å²) in [7, 11) is 4.69. The highest BCUT2D eigenvalue weighted by Crippen LogP contribution is 2.40. The molecule has 0 aliphatic carbocycles. The van der Waals surface area contributed by atoms with E-state index in [2.05, 4.69) is 32.9 Å². The standard InChI is InChI=1S/C20H28O4/c1-14(2)8-7-9-15(3)10-11-17-18(22-4)12-16(13-21)19(23-5)20(17)24-6/h8,10,12-13H,7,9,11H2,1-6H3. The zero-order chi connectivity index (χ0) is 18.1. The molecular formula is C20H28O4. The molecule has 0 aromatic heterocycles. The van der Waals surface area contributed by atoms with Crippen molar-refractivity contribution in [3.63, 3.8) is 0 Å². The Balaban J connectivity index is 3.13. The van der Waals surface area contributed by atoms with E-state index in [4.69, 9.17) is 14.2 Å². The minimum absolute atomic E-state index is 0.416. The van der Waals surface area contributed by atoms with Crippen LogP contribution in [0.5, 0.6) is 17.2 Å². The smallest absolute Gasteiger partial charge is 0.171 e. The Hall–Kier alpha value is -2.23. The third kappa shape index (κ3) is 5.15. The molecule has 0 aliphatic rings. The molecule has 4 nitrogen and oxygen atoms in total. The van der Waals surface area contributed by atoms with Gasteiger partial charge in [0.1, 0.15) is 5.75 Å². The summed E-state index contributed by atoms with van der Waals surface area (Å²) in [6.45, 7) is 6.33. The number of ether oxygens (including phenoxy) is 3. The lowest BCUT2D eigenvalue weighted by Crippen LogP contribution is -2.02. The Morgan fingerprint density at radius 1 is 1.00 bits per heavy atom. The molecule has 0 heterocycles. The van der Waals surface area contributed by atoms with Crippen molar-refractivity contribution in [3.05, 3.63) is 40.5 Å². The number of hydrogen-bond donors (Lipinski definition) is 0. The maximum absolute atomic E-state index is 11.3. The fourth-order valence-corrected chi connectivity index (χ4v) is 2.53. The van der Waals surface area contributed by atoms with E-state index in [1.807, 2.05) is 0 Å². The van der Waals surface area contributed by atoms with Crippen LogP contribution in [0.2, 0.25) is 0 Å². The molecule has 0 saturated heterocycles. The molecular weight excluding hydrogens is 304 g/mol. The van der Waals surface area contributed by atoms with Crippen molar-refractivity contribution in [2.75, 3.05) is 21.3 Å². The number of carbonyl (C=O) groups is 1. The highest BCUT2D eigenvalue weighted by Gasteiger charge is 2.19. The summed E-state index contributed by atoms with van der Waals surface area (Å²) in [4.78, 5) is 11.3. The number of aldehydes is 1. The van der Waals surface area contributed by atoms with Crippen LogP contribution in [-0.4, -0.2) is 27.6 Å². The lowest BCUT2D eigenvalue weighted by atomic mass is 10.0. The molecule has 0 bridgehead atoms. The predicted molar refractivity (Wildman–Crippen MR) is 97.6 cm³/mol. The van der Waals surface area contributed by atoms with Crippen molar-refractivity contribution < 1.29 is 19.0 Å². The van der Waals surface area contributed by atoms with E-state index in [9.17, 15) is 4.79 Å². The molecule has 1 rings (SSSR count). The third-order valence-corrected chi connectivity index (χ3v) is 3.83. The van der Waals surface area contributed by atoms with Gasteiger partial charge in [0.25, 0.3) is 0 Å². The maximum Gasteiger partial charge on any atom is 0.171 e. The van der Waals surface area contributed by atoms with Gasteiger partial charge in [0.05, 0.1) is 26.9 Å². The van der Waals surface area contributed by atoms with Crippen LogP contribution in [0.1, 0.15) is 49.5 Å². The first-order valence-electron chi connectivity index (χ1n) is 8.04. The minimum Gasteiger partial charge on any atom is -0.496 e. The van der Waals surface area contributed by atoms with Gasteiger partial charge in [0.15, 0.2) is 17.8 Å². The Kier molecular flexibility index (Phi) is 8.10. The predicted octanol–water partition coefficient (Wildman–Crippen LogP) is 4.76. The van der Waals surface area contributed by atoms with E-state index in [0.29, 0.717) is 29.2 Å². The van der Waals surface area contributed by atoms with Gasteiger partial charge in [-0.25, -0.2) is 0 Å². The number of benzene rings is 1. The first-order chi connectivity index (χ1) is 11.5. The first-order valence-corrected chi connectivity index (χ1v) is 8.04. The molecule has 0 atom stereocenters. The molecule has 0 aliphatic heterocycles. The molecule has 24 heavy (non-hydrogen) atoms. The van der Waals surface area contributed by atoms with E-state index in [-0.39, 0.29) is 0 Å². The molecule has 0 amide bonds. The van der Waals surface area contributed by atoms with Crippen molar-refractivity contribution in [1.82, 2.24) is 0 Å². The van der Waals surface area contributed by atoms with Crippen LogP contribution in [0.15, 0.2) is 29.4 Å². The van der Waals surface area contributed by atoms with Gasteiger partial charge in [-0.05, 0) is 46.1 Å². The van der Waals surface area contributed by atoms with Crippen LogP contribution in [0.25, 0.3) is 0 Å². The molecule has 0 fully saturated rings. The van der Waals surface area contributed by atoms with Gasteiger partial charge in [-0.15, -0.1) is 0 Å².